The Morgan fingerprint density at radius 1 is 1.00 bits per heavy atom. The number of rotatable bonds is 2. The molecule has 2 heteroatoms. The van der Waals surface area contributed by atoms with Crippen LogP contribution in [-0.2, 0) is 0 Å². The Balaban J connectivity index is 2.53. The minimum absolute atomic E-state index is 0.0199. The van der Waals surface area contributed by atoms with Crippen molar-refractivity contribution in [2.75, 3.05) is 0 Å². The second-order valence-corrected chi connectivity index (χ2v) is 2.95. The predicted molar refractivity (Wildman–Crippen MR) is 58.0 cm³/mol. The molecule has 0 heterocycles. The van der Waals surface area contributed by atoms with E-state index in [9.17, 15) is 4.79 Å². The van der Waals surface area contributed by atoms with Crippen LogP contribution in [0.5, 0.6) is 5.75 Å². The average Bonchev–Trinajstić information content (AvgIpc) is 2.40. The molecule has 2 rings (SSSR count). The fourth-order valence-corrected chi connectivity index (χ4v) is 1.17. The molecule has 0 spiro atoms. The molecule has 0 aliphatic heterocycles. The van der Waals surface area contributed by atoms with Crippen LogP contribution in [0, 0.1) is 0 Å². The third kappa shape index (κ3) is 2.05. The van der Waals surface area contributed by atoms with Gasteiger partial charge in [0.15, 0.2) is 5.78 Å². The Hall–Kier alpha value is -2.09. The molecule has 0 aromatic heterocycles. The number of carbonyl (C=O) groups is 1. The minimum atomic E-state index is -0.507. The summed E-state index contributed by atoms with van der Waals surface area (Å²) < 4.78 is 30.1. The maximum atomic E-state index is 12.2. The standard InChI is InChI=1S/C13H10O2/c14-12-8-6-11(7-9-12)13(15)10-4-2-1-3-5-10/h1-9,14H/i1D,2D,3D,4D. The van der Waals surface area contributed by atoms with Gasteiger partial charge in [0.1, 0.15) is 5.75 Å². The van der Waals surface area contributed by atoms with Crippen LogP contribution in [0.4, 0.5) is 0 Å². The predicted octanol–water partition coefficient (Wildman–Crippen LogP) is 2.62. The normalized spacial score (nSPS) is 13.6. The molecule has 74 valence electrons. The molecule has 2 aromatic carbocycles. The summed E-state index contributed by atoms with van der Waals surface area (Å²) in [6.07, 6.45) is 0. The van der Waals surface area contributed by atoms with E-state index in [4.69, 9.17) is 10.6 Å². The quantitative estimate of drug-likeness (QED) is 0.760. The topological polar surface area (TPSA) is 37.3 Å². The Morgan fingerprint density at radius 3 is 2.47 bits per heavy atom. The van der Waals surface area contributed by atoms with E-state index in [0.29, 0.717) is 0 Å². The van der Waals surface area contributed by atoms with E-state index in [2.05, 4.69) is 0 Å². The molecule has 15 heavy (non-hydrogen) atoms. The zero-order valence-corrected chi connectivity index (χ0v) is 7.74. The van der Waals surface area contributed by atoms with Gasteiger partial charge in [-0.2, -0.15) is 0 Å². The van der Waals surface area contributed by atoms with Gasteiger partial charge in [0, 0.05) is 11.1 Å². The molecule has 2 aromatic rings. The molecule has 0 unspecified atom stereocenters. The van der Waals surface area contributed by atoms with Gasteiger partial charge in [-0.1, -0.05) is 30.2 Å². The number of phenols is 1. The molecule has 0 aliphatic carbocycles. The Kier molecular flexibility index (Phi) is 1.51. The van der Waals surface area contributed by atoms with Crippen molar-refractivity contribution in [1.29, 1.82) is 0 Å². The van der Waals surface area contributed by atoms with Crippen molar-refractivity contribution in [3.63, 3.8) is 0 Å². The summed E-state index contributed by atoms with van der Waals surface area (Å²) in [5, 5.41) is 9.16. The Labute approximate surface area is 93.4 Å². The lowest BCUT2D eigenvalue weighted by Crippen LogP contribution is -1.99. The highest BCUT2D eigenvalue weighted by molar-refractivity contribution is 6.08. The van der Waals surface area contributed by atoms with Crippen LogP contribution in [0.15, 0.2) is 54.5 Å². The fraction of sp³-hybridized carbons (Fsp3) is 0. The number of phenolic OH excluding ortho intramolecular Hbond substituents is 1. The highest BCUT2D eigenvalue weighted by Gasteiger charge is 2.07. The largest absolute Gasteiger partial charge is 0.508 e. The zero-order chi connectivity index (χ0) is 14.2. The van der Waals surface area contributed by atoms with Crippen molar-refractivity contribution in [2.45, 2.75) is 0 Å². The molecule has 1 N–H and O–H groups in total. The van der Waals surface area contributed by atoms with Crippen molar-refractivity contribution in [1.82, 2.24) is 0 Å². The van der Waals surface area contributed by atoms with Crippen LogP contribution in [0.2, 0.25) is 0 Å². The molecule has 0 fully saturated rings. The van der Waals surface area contributed by atoms with Crippen molar-refractivity contribution >= 4 is 5.78 Å². The molecule has 2 nitrogen and oxygen atoms in total. The van der Waals surface area contributed by atoms with Gasteiger partial charge in [-0.05, 0) is 24.3 Å². The van der Waals surface area contributed by atoms with Gasteiger partial charge in [0.2, 0.25) is 0 Å². The van der Waals surface area contributed by atoms with Crippen molar-refractivity contribution in [2.24, 2.45) is 0 Å². The van der Waals surface area contributed by atoms with Crippen LogP contribution in [0.3, 0.4) is 0 Å². The lowest BCUT2D eigenvalue weighted by atomic mass is 10.0. The summed E-state index contributed by atoms with van der Waals surface area (Å²) in [5.74, 6) is -0.487. The summed E-state index contributed by atoms with van der Waals surface area (Å²) >= 11 is 0. The first kappa shape index (κ1) is 5.71. The van der Waals surface area contributed by atoms with Gasteiger partial charge in [-0.3, -0.25) is 4.79 Å². The van der Waals surface area contributed by atoms with Crippen LogP contribution in [-0.4, -0.2) is 10.9 Å². The van der Waals surface area contributed by atoms with Gasteiger partial charge in [0.25, 0.3) is 0 Å². The molecule has 0 aliphatic rings. The number of aromatic hydroxyl groups is 1. The molecule has 0 saturated carbocycles. The highest BCUT2D eigenvalue weighted by Crippen LogP contribution is 2.13. The van der Waals surface area contributed by atoms with Crippen molar-refractivity contribution in [3.8, 4) is 5.75 Å². The van der Waals surface area contributed by atoms with E-state index < -0.39 is 11.8 Å². The first-order valence-corrected chi connectivity index (χ1v) is 4.33. The van der Waals surface area contributed by atoms with Crippen LogP contribution >= 0.6 is 0 Å². The average molecular weight is 202 g/mol. The minimum Gasteiger partial charge on any atom is -0.508 e. The Bertz CT molecular complexity index is 651. The summed E-state index contributed by atoms with van der Waals surface area (Å²) in [4.78, 5) is 12.2. The molecule has 0 amide bonds. The van der Waals surface area contributed by atoms with E-state index in [1.807, 2.05) is 0 Å². The van der Waals surface area contributed by atoms with Crippen LogP contribution in [0.1, 0.15) is 21.4 Å². The Morgan fingerprint density at radius 2 is 1.73 bits per heavy atom. The zero-order valence-electron chi connectivity index (χ0n) is 11.7. The second-order valence-electron chi connectivity index (χ2n) is 2.95. The van der Waals surface area contributed by atoms with E-state index >= 15 is 0 Å². The summed E-state index contributed by atoms with van der Waals surface area (Å²) in [7, 11) is 0. The van der Waals surface area contributed by atoms with E-state index in [1.54, 1.807) is 0 Å². The molecule has 0 atom stereocenters. The van der Waals surface area contributed by atoms with Crippen LogP contribution < -0.4 is 0 Å². The van der Waals surface area contributed by atoms with Gasteiger partial charge in [0.05, 0.1) is 5.48 Å². The molecular weight excluding hydrogens is 188 g/mol. The van der Waals surface area contributed by atoms with Crippen molar-refractivity contribution in [3.05, 3.63) is 65.6 Å². The first-order chi connectivity index (χ1) is 8.91. The van der Waals surface area contributed by atoms with E-state index in [1.165, 1.54) is 24.3 Å². The molecule has 0 saturated heterocycles. The lowest BCUT2D eigenvalue weighted by Gasteiger charge is -2.00. The van der Waals surface area contributed by atoms with E-state index in [0.717, 1.165) is 6.07 Å². The molecular formula is C13H10O2. The molecule has 0 bridgehead atoms. The first-order valence-electron chi connectivity index (χ1n) is 6.33. The second kappa shape index (κ2) is 3.96. The molecule has 0 radical (unpaired) electrons. The van der Waals surface area contributed by atoms with Gasteiger partial charge < -0.3 is 5.11 Å². The number of hydrogen-bond donors (Lipinski definition) is 1. The summed E-state index contributed by atoms with van der Waals surface area (Å²) in [6, 6.07) is 5.19. The number of ketones is 1. The van der Waals surface area contributed by atoms with Crippen molar-refractivity contribution < 1.29 is 15.4 Å². The lowest BCUT2D eigenvalue weighted by molar-refractivity contribution is 0.103. The summed E-state index contributed by atoms with van der Waals surface area (Å²) in [6.45, 7) is 0. The highest BCUT2D eigenvalue weighted by atomic mass is 16.3. The SMILES string of the molecule is [2H]c1cc(C(=O)c2ccc(O)cc2)c([2H])c([2H])c1[2H]. The number of carbonyl (C=O) groups excluding carboxylic acids is 1. The summed E-state index contributed by atoms with van der Waals surface area (Å²) in [5.41, 5.74) is 0.166. The van der Waals surface area contributed by atoms with Crippen LogP contribution in [0.25, 0.3) is 0 Å². The van der Waals surface area contributed by atoms with Gasteiger partial charge in [-0.25, -0.2) is 0 Å². The van der Waals surface area contributed by atoms with E-state index in [-0.39, 0.29) is 35.0 Å². The maximum absolute atomic E-state index is 12.2. The number of hydrogen-bond acceptors (Lipinski definition) is 2. The van der Waals surface area contributed by atoms with Gasteiger partial charge >= 0.3 is 0 Å². The third-order valence-corrected chi connectivity index (χ3v) is 1.92. The number of benzene rings is 2. The smallest absolute Gasteiger partial charge is 0.193 e. The fourth-order valence-electron chi connectivity index (χ4n) is 1.17. The van der Waals surface area contributed by atoms with Gasteiger partial charge in [-0.15, -0.1) is 0 Å². The maximum Gasteiger partial charge on any atom is 0.193 e. The third-order valence-electron chi connectivity index (χ3n) is 1.92. The monoisotopic (exact) mass is 202 g/mol.